The van der Waals surface area contributed by atoms with Crippen molar-refractivity contribution in [2.75, 3.05) is 0 Å². The molecule has 0 aliphatic heterocycles. The van der Waals surface area contributed by atoms with Gasteiger partial charge in [-0.25, -0.2) is 0 Å². The molecule has 0 radical (unpaired) electrons. The maximum atomic E-state index is 12.7. The van der Waals surface area contributed by atoms with Crippen molar-refractivity contribution in [3.05, 3.63) is 91.0 Å². The van der Waals surface area contributed by atoms with Gasteiger partial charge in [0, 0.05) is 68.2 Å². The lowest BCUT2D eigenvalue weighted by Gasteiger charge is -2.31. The van der Waals surface area contributed by atoms with Gasteiger partial charge in [-0.15, -0.1) is 0 Å². The van der Waals surface area contributed by atoms with E-state index in [2.05, 4.69) is 0 Å². The Morgan fingerprint density at radius 2 is 0.444 bits per heavy atom. The van der Waals surface area contributed by atoms with Gasteiger partial charge >= 0.3 is 0 Å². The number of unbranched alkanes of at least 4 members (excludes halogenated alkanes) is 4. The van der Waals surface area contributed by atoms with Gasteiger partial charge in [-0.3, -0.25) is 18.2 Å². The Morgan fingerprint density at radius 3 is 0.556 bits per heavy atom. The van der Waals surface area contributed by atoms with Crippen LogP contribution in [0.2, 0.25) is 0 Å². The summed E-state index contributed by atoms with van der Waals surface area (Å²) in [7, 11) is -20.5. The number of aromatic hydroxyl groups is 8. The van der Waals surface area contributed by atoms with Crippen molar-refractivity contribution in [3.63, 3.8) is 0 Å². The summed E-state index contributed by atoms with van der Waals surface area (Å²) in [5.74, 6) is -18.7. The molecular weight excluding hydrogens is 1020 g/mol. The Hall–Kier alpha value is -5.08. The van der Waals surface area contributed by atoms with Gasteiger partial charge in [-0.2, -0.15) is 33.7 Å². The van der Waals surface area contributed by atoms with Crippen molar-refractivity contribution in [3.8, 4) is 46.0 Å². The van der Waals surface area contributed by atoms with Crippen LogP contribution in [0.15, 0.2) is 24.3 Å². The molecule has 12 N–H and O–H groups in total. The van der Waals surface area contributed by atoms with Crippen LogP contribution in [-0.2, 0) is 63.5 Å². The largest absolute Gasteiger partial charge is 0.507 e. The molecule has 0 saturated carbocycles. The van der Waals surface area contributed by atoms with Crippen LogP contribution in [-0.4, -0.2) is 92.7 Å². The SMILES string of the molecule is CCCCC1c2cc(c(O)c(CS(=O)(=O)O)c2O)C(CCCC)c2cc(c(O)c(CS(=O)(=O)O)c2O)C(CCCC)c2cc(c(O)c(CS(=O)(=O)O)c2O)C(CCCC)c2cc1c(O)c(CS(=O)(=O)O)c2O. The molecule has 0 amide bonds. The van der Waals surface area contributed by atoms with E-state index in [1.807, 2.05) is 0 Å². The molecule has 5 rings (SSSR count). The van der Waals surface area contributed by atoms with Crippen LogP contribution in [0.1, 0.15) is 195 Å². The van der Waals surface area contributed by atoms with Crippen LogP contribution < -0.4 is 0 Å². The van der Waals surface area contributed by atoms with Gasteiger partial charge in [0.1, 0.15) is 69.0 Å². The number of rotatable bonds is 20. The third kappa shape index (κ3) is 13.0. The molecule has 24 heteroatoms. The smallest absolute Gasteiger partial charge is 0.269 e. The molecule has 4 aromatic rings. The second-order valence-electron chi connectivity index (χ2n) is 18.6. The van der Waals surface area contributed by atoms with Crippen LogP contribution >= 0.6 is 0 Å². The molecule has 72 heavy (non-hydrogen) atoms. The Balaban J connectivity index is 2.25. The number of phenols is 8. The van der Waals surface area contributed by atoms with Gasteiger partial charge in [0.25, 0.3) is 40.5 Å². The number of fused-ring (bicyclic) bond motifs is 8. The summed E-state index contributed by atoms with van der Waals surface area (Å²) in [5, 5.41) is 97.6. The summed E-state index contributed by atoms with van der Waals surface area (Å²) in [5.41, 5.74) is -5.21. The molecule has 0 aromatic heterocycles. The molecule has 4 aromatic carbocycles. The quantitative estimate of drug-likeness (QED) is 0.0369. The maximum absolute atomic E-state index is 12.7. The molecule has 0 saturated heterocycles. The van der Waals surface area contributed by atoms with Crippen molar-refractivity contribution < 1.29 is 92.7 Å². The molecule has 20 nitrogen and oxygen atoms in total. The number of benzene rings is 4. The van der Waals surface area contributed by atoms with Gasteiger partial charge in [-0.05, 0) is 49.9 Å². The Bertz CT molecular complexity index is 2620. The predicted octanol–water partition coefficient (Wildman–Crippen LogP) is 8.48. The van der Waals surface area contributed by atoms with E-state index in [4.69, 9.17) is 0 Å². The lowest BCUT2D eigenvalue weighted by Crippen LogP contribution is -2.15. The number of phenolic OH excluding ortho intramolecular Hbond substituents is 8. The summed E-state index contributed by atoms with van der Waals surface area (Å²) in [6.07, 6.45) is 2.34. The zero-order chi connectivity index (χ0) is 54.0. The summed E-state index contributed by atoms with van der Waals surface area (Å²) >= 11 is 0. The molecule has 0 fully saturated rings. The fourth-order valence-electron chi connectivity index (χ4n) is 10.0. The Labute approximate surface area is 419 Å². The zero-order valence-corrected chi connectivity index (χ0v) is 43.5. The third-order valence-electron chi connectivity index (χ3n) is 13.4. The van der Waals surface area contributed by atoms with Crippen LogP contribution in [0.3, 0.4) is 0 Å². The van der Waals surface area contributed by atoms with E-state index in [-0.39, 0.29) is 95.9 Å². The van der Waals surface area contributed by atoms with Crippen LogP contribution in [0.5, 0.6) is 46.0 Å². The highest BCUT2D eigenvalue weighted by molar-refractivity contribution is 7.85. The highest BCUT2D eigenvalue weighted by Gasteiger charge is 2.39. The molecule has 1 aliphatic carbocycles. The highest BCUT2D eigenvalue weighted by Crippen LogP contribution is 2.56. The fourth-order valence-corrected chi connectivity index (χ4v) is 12.6. The minimum Gasteiger partial charge on any atom is -0.507 e. The van der Waals surface area contributed by atoms with Crippen LogP contribution in [0.25, 0.3) is 0 Å². The molecular formula is C48H64O20S4. The van der Waals surface area contributed by atoms with Gasteiger partial charge < -0.3 is 40.9 Å². The van der Waals surface area contributed by atoms with Crippen LogP contribution in [0, 0.1) is 0 Å². The average molecular weight is 1090 g/mol. The fraction of sp³-hybridized carbons (Fsp3) is 0.500. The lowest BCUT2D eigenvalue weighted by molar-refractivity contribution is 0.407. The zero-order valence-electron chi connectivity index (χ0n) is 40.2. The van der Waals surface area contributed by atoms with Crippen LogP contribution in [0.4, 0.5) is 0 Å². The summed E-state index contributed by atoms with van der Waals surface area (Å²) in [6.45, 7) is 7.08. The standard InChI is InChI=1S/C48H64O20S4/c1-5-9-13-25-29-17-31(43(51)37(41(29)49)21-69(57,58)59)26(14-10-6-2)33-19-35(47(55)39(45(33)53)23-71(63,64)65)28(16-12-8-4)36-20-34(46(54)40(48(36)56)24-72(66,67)68)27(15-11-7-3)32-18-30(25)42(50)38(44(32)52)22-70(60,61)62/h17-20,25-28,49-56H,5-16,21-24H2,1-4H3,(H,57,58,59)(H,60,61,62)(H,63,64,65)(H,66,67,68). The molecule has 0 atom stereocenters. The second-order valence-corrected chi connectivity index (χ2v) is 24.4. The first-order chi connectivity index (χ1) is 33.4. The van der Waals surface area contributed by atoms with E-state index in [0.717, 1.165) is 0 Å². The predicted molar refractivity (Wildman–Crippen MR) is 266 cm³/mol. The molecule has 0 heterocycles. The van der Waals surface area contributed by atoms with E-state index < -0.39 is 155 Å². The first-order valence-corrected chi connectivity index (χ1v) is 29.9. The topological polar surface area (TPSA) is 379 Å². The van der Waals surface area contributed by atoms with Crippen molar-refractivity contribution in [1.29, 1.82) is 0 Å². The summed E-state index contributed by atoms with van der Waals surface area (Å²) in [6, 6.07) is 4.88. The number of hydrogen-bond donors (Lipinski definition) is 12. The third-order valence-corrected chi connectivity index (χ3v) is 16.0. The average Bonchev–Trinajstić information content (AvgIpc) is 3.26. The van der Waals surface area contributed by atoms with Gasteiger partial charge in [0.15, 0.2) is 0 Å². The second kappa shape index (κ2) is 22.6. The van der Waals surface area contributed by atoms with Crippen molar-refractivity contribution in [2.45, 2.75) is 151 Å². The molecule has 0 unspecified atom stereocenters. The van der Waals surface area contributed by atoms with E-state index in [1.165, 1.54) is 24.3 Å². The van der Waals surface area contributed by atoms with Gasteiger partial charge in [0.05, 0.1) is 22.3 Å². The maximum Gasteiger partial charge on any atom is 0.269 e. The minimum absolute atomic E-state index is 0.0821. The van der Waals surface area contributed by atoms with Crippen molar-refractivity contribution >= 4 is 40.5 Å². The van der Waals surface area contributed by atoms with Gasteiger partial charge in [0.2, 0.25) is 0 Å². The van der Waals surface area contributed by atoms with E-state index >= 15 is 0 Å². The Kier molecular flexibility index (Phi) is 18.1. The van der Waals surface area contributed by atoms with Gasteiger partial charge in [-0.1, -0.05) is 79.1 Å². The highest BCUT2D eigenvalue weighted by atomic mass is 32.2. The van der Waals surface area contributed by atoms with E-state index in [1.54, 1.807) is 27.7 Å². The van der Waals surface area contributed by atoms with Crippen molar-refractivity contribution in [1.82, 2.24) is 0 Å². The summed E-state index contributed by atoms with van der Waals surface area (Å²) in [4.78, 5) is 0. The normalized spacial score (nSPS) is 17.6. The summed E-state index contributed by atoms with van der Waals surface area (Å²) < 4.78 is 143. The lowest BCUT2D eigenvalue weighted by atomic mass is 9.74. The first kappa shape index (κ1) is 57.8. The Morgan fingerprint density at radius 1 is 0.306 bits per heavy atom. The molecule has 0 spiro atoms. The minimum atomic E-state index is -5.13. The van der Waals surface area contributed by atoms with E-state index in [9.17, 15) is 92.7 Å². The van der Waals surface area contributed by atoms with E-state index in [0.29, 0.717) is 25.7 Å². The molecule has 8 bridgehead atoms. The van der Waals surface area contributed by atoms with Crippen molar-refractivity contribution in [2.24, 2.45) is 0 Å². The molecule has 400 valence electrons. The number of hydrogen-bond acceptors (Lipinski definition) is 16. The molecule has 1 aliphatic rings. The monoisotopic (exact) mass is 1090 g/mol. The first-order valence-electron chi connectivity index (χ1n) is 23.5.